The van der Waals surface area contributed by atoms with Gasteiger partial charge in [0.1, 0.15) is 0 Å². The second kappa shape index (κ2) is 4.32. The standard InChI is InChI=1S/C8H17Br/c1-5-8(9)7(4)6(2)3/h6-8H,5H2,1-4H3. The van der Waals surface area contributed by atoms with Crippen LogP contribution in [0.25, 0.3) is 0 Å². The number of hydrogen-bond donors (Lipinski definition) is 0. The second-order valence-corrected chi connectivity index (χ2v) is 4.20. The Hall–Kier alpha value is 0.480. The average molecular weight is 193 g/mol. The van der Waals surface area contributed by atoms with Gasteiger partial charge in [-0.3, -0.25) is 0 Å². The lowest BCUT2D eigenvalue weighted by Crippen LogP contribution is -2.15. The summed E-state index contributed by atoms with van der Waals surface area (Å²) >= 11 is 3.64. The van der Waals surface area contributed by atoms with E-state index in [1.807, 2.05) is 0 Å². The summed E-state index contributed by atoms with van der Waals surface area (Å²) in [4.78, 5) is 0.706. The van der Waals surface area contributed by atoms with Crippen LogP contribution < -0.4 is 0 Å². The first-order chi connectivity index (χ1) is 4.09. The van der Waals surface area contributed by atoms with E-state index in [2.05, 4.69) is 43.6 Å². The van der Waals surface area contributed by atoms with E-state index < -0.39 is 0 Å². The summed E-state index contributed by atoms with van der Waals surface area (Å²) in [6.45, 7) is 9.06. The van der Waals surface area contributed by atoms with Gasteiger partial charge in [-0.05, 0) is 18.3 Å². The van der Waals surface area contributed by atoms with Crippen molar-refractivity contribution in [2.45, 2.75) is 38.9 Å². The van der Waals surface area contributed by atoms with Gasteiger partial charge in [-0.2, -0.15) is 0 Å². The third kappa shape index (κ3) is 3.24. The van der Waals surface area contributed by atoms with Crippen LogP contribution in [0.3, 0.4) is 0 Å². The molecule has 0 aromatic rings. The summed E-state index contributed by atoms with van der Waals surface area (Å²) in [5, 5.41) is 0. The van der Waals surface area contributed by atoms with E-state index in [1.54, 1.807) is 0 Å². The minimum absolute atomic E-state index is 0.706. The molecule has 0 fully saturated rings. The second-order valence-electron chi connectivity index (χ2n) is 3.03. The fourth-order valence-corrected chi connectivity index (χ4v) is 1.40. The van der Waals surface area contributed by atoms with Gasteiger partial charge in [-0.1, -0.05) is 43.6 Å². The molecule has 9 heavy (non-hydrogen) atoms. The molecule has 0 N–H and O–H groups in total. The molecule has 0 saturated carbocycles. The molecule has 0 saturated heterocycles. The lowest BCUT2D eigenvalue weighted by Gasteiger charge is -2.19. The molecular formula is C8H17Br. The van der Waals surface area contributed by atoms with Gasteiger partial charge < -0.3 is 0 Å². The Bertz CT molecular complexity index is 69.0. The fourth-order valence-electron chi connectivity index (χ4n) is 0.789. The van der Waals surface area contributed by atoms with Crippen LogP contribution in [0.2, 0.25) is 0 Å². The van der Waals surface area contributed by atoms with Crippen molar-refractivity contribution in [3.05, 3.63) is 0 Å². The molecule has 1 heteroatoms. The van der Waals surface area contributed by atoms with Gasteiger partial charge in [0.05, 0.1) is 0 Å². The van der Waals surface area contributed by atoms with E-state index in [-0.39, 0.29) is 0 Å². The highest BCUT2D eigenvalue weighted by molar-refractivity contribution is 9.09. The lowest BCUT2D eigenvalue weighted by molar-refractivity contribution is 0.404. The van der Waals surface area contributed by atoms with Crippen LogP contribution in [0.1, 0.15) is 34.1 Å². The van der Waals surface area contributed by atoms with Gasteiger partial charge in [0.15, 0.2) is 0 Å². The van der Waals surface area contributed by atoms with Gasteiger partial charge in [0, 0.05) is 4.83 Å². The molecule has 0 amide bonds. The Kier molecular flexibility index (Phi) is 4.55. The van der Waals surface area contributed by atoms with Crippen LogP contribution in [0.5, 0.6) is 0 Å². The zero-order valence-electron chi connectivity index (χ0n) is 6.82. The Morgan fingerprint density at radius 1 is 1.22 bits per heavy atom. The van der Waals surface area contributed by atoms with Crippen molar-refractivity contribution in [2.24, 2.45) is 11.8 Å². The summed E-state index contributed by atoms with van der Waals surface area (Å²) < 4.78 is 0. The predicted octanol–water partition coefficient (Wildman–Crippen LogP) is 3.45. The first-order valence-corrected chi connectivity index (χ1v) is 4.65. The van der Waals surface area contributed by atoms with Gasteiger partial charge in [0.2, 0.25) is 0 Å². The van der Waals surface area contributed by atoms with Gasteiger partial charge in [0.25, 0.3) is 0 Å². The predicted molar refractivity (Wildman–Crippen MR) is 47.0 cm³/mol. The Balaban J connectivity index is 3.58. The van der Waals surface area contributed by atoms with Crippen LogP contribution in [-0.2, 0) is 0 Å². The summed E-state index contributed by atoms with van der Waals surface area (Å²) in [5.41, 5.74) is 0. The maximum absolute atomic E-state index is 3.64. The van der Waals surface area contributed by atoms with Crippen LogP contribution in [0, 0.1) is 11.8 Å². The molecule has 0 radical (unpaired) electrons. The molecule has 0 aliphatic heterocycles. The smallest absolute Gasteiger partial charge is 0.0171 e. The third-order valence-corrected chi connectivity index (χ3v) is 3.49. The van der Waals surface area contributed by atoms with Gasteiger partial charge >= 0.3 is 0 Å². The summed E-state index contributed by atoms with van der Waals surface area (Å²) in [5.74, 6) is 1.60. The van der Waals surface area contributed by atoms with E-state index in [1.165, 1.54) is 6.42 Å². The van der Waals surface area contributed by atoms with Crippen molar-refractivity contribution in [2.75, 3.05) is 0 Å². The van der Waals surface area contributed by atoms with Crippen molar-refractivity contribution in [1.29, 1.82) is 0 Å². The SMILES string of the molecule is CCC(Br)C(C)C(C)C. The topological polar surface area (TPSA) is 0 Å². The number of hydrogen-bond acceptors (Lipinski definition) is 0. The molecule has 0 heterocycles. The maximum atomic E-state index is 3.64. The van der Waals surface area contributed by atoms with Crippen LogP contribution in [0.15, 0.2) is 0 Å². The quantitative estimate of drug-likeness (QED) is 0.602. The largest absolute Gasteiger partial charge is 0.0888 e. The highest BCUT2D eigenvalue weighted by Gasteiger charge is 2.14. The first kappa shape index (κ1) is 9.48. The normalized spacial score (nSPS) is 18.0. The van der Waals surface area contributed by atoms with Crippen molar-refractivity contribution < 1.29 is 0 Å². The van der Waals surface area contributed by atoms with Gasteiger partial charge in [-0.15, -0.1) is 0 Å². The lowest BCUT2D eigenvalue weighted by atomic mass is 9.94. The molecule has 0 aliphatic carbocycles. The Morgan fingerprint density at radius 2 is 1.67 bits per heavy atom. The van der Waals surface area contributed by atoms with Gasteiger partial charge in [-0.25, -0.2) is 0 Å². The molecule has 56 valence electrons. The zero-order valence-corrected chi connectivity index (χ0v) is 8.40. The molecule has 0 rings (SSSR count). The molecule has 0 aromatic heterocycles. The molecule has 0 nitrogen and oxygen atoms in total. The Labute approximate surface area is 67.2 Å². The fraction of sp³-hybridized carbons (Fsp3) is 1.00. The highest BCUT2D eigenvalue weighted by Crippen LogP contribution is 2.22. The minimum Gasteiger partial charge on any atom is -0.0888 e. The van der Waals surface area contributed by atoms with Crippen LogP contribution in [0.4, 0.5) is 0 Å². The van der Waals surface area contributed by atoms with E-state index in [4.69, 9.17) is 0 Å². The van der Waals surface area contributed by atoms with Crippen molar-refractivity contribution in [3.8, 4) is 0 Å². The molecule has 0 aliphatic rings. The summed E-state index contributed by atoms with van der Waals surface area (Å²) in [6.07, 6.45) is 1.24. The minimum atomic E-state index is 0.706. The zero-order chi connectivity index (χ0) is 7.44. The van der Waals surface area contributed by atoms with Crippen LogP contribution >= 0.6 is 15.9 Å². The first-order valence-electron chi connectivity index (χ1n) is 3.73. The summed E-state index contributed by atoms with van der Waals surface area (Å²) in [6, 6.07) is 0. The summed E-state index contributed by atoms with van der Waals surface area (Å²) in [7, 11) is 0. The molecule has 0 spiro atoms. The molecular weight excluding hydrogens is 176 g/mol. The number of halogens is 1. The highest BCUT2D eigenvalue weighted by atomic mass is 79.9. The van der Waals surface area contributed by atoms with E-state index in [0.29, 0.717) is 4.83 Å². The van der Waals surface area contributed by atoms with Crippen molar-refractivity contribution >= 4 is 15.9 Å². The number of rotatable bonds is 3. The van der Waals surface area contributed by atoms with E-state index in [9.17, 15) is 0 Å². The molecule has 0 aromatic carbocycles. The van der Waals surface area contributed by atoms with Crippen molar-refractivity contribution in [3.63, 3.8) is 0 Å². The Morgan fingerprint density at radius 3 is 1.78 bits per heavy atom. The monoisotopic (exact) mass is 192 g/mol. The van der Waals surface area contributed by atoms with E-state index in [0.717, 1.165) is 11.8 Å². The maximum Gasteiger partial charge on any atom is 0.0171 e. The average Bonchev–Trinajstić information content (AvgIpc) is 1.84. The van der Waals surface area contributed by atoms with Crippen molar-refractivity contribution in [1.82, 2.24) is 0 Å². The number of alkyl halides is 1. The van der Waals surface area contributed by atoms with Crippen LogP contribution in [-0.4, -0.2) is 4.83 Å². The third-order valence-electron chi connectivity index (χ3n) is 2.01. The van der Waals surface area contributed by atoms with E-state index >= 15 is 0 Å². The molecule has 0 bridgehead atoms. The molecule has 2 unspecified atom stereocenters. The molecule has 2 atom stereocenters.